The molecule has 1 N–H and O–H groups in total. The number of hydrogen-bond donors (Lipinski definition) is 1. The summed E-state index contributed by atoms with van der Waals surface area (Å²) in [6.45, 7) is 2.12. The molecule has 1 atom stereocenters. The largest absolute Gasteiger partial charge is 0.489 e. The zero-order valence-electron chi connectivity index (χ0n) is 16.9. The number of hydrogen-bond acceptors (Lipinski definition) is 4. The van der Waals surface area contributed by atoms with E-state index in [0.717, 1.165) is 11.1 Å². The summed E-state index contributed by atoms with van der Waals surface area (Å²) in [6, 6.07) is 26.7. The lowest BCUT2D eigenvalue weighted by atomic mass is 9.98. The summed E-state index contributed by atoms with van der Waals surface area (Å²) in [7, 11) is 0. The molecule has 3 rings (SSSR count). The Morgan fingerprint density at radius 2 is 1.50 bits per heavy atom. The van der Waals surface area contributed by atoms with Gasteiger partial charge in [0.15, 0.2) is 6.61 Å². The van der Waals surface area contributed by atoms with Crippen LogP contribution in [0.3, 0.4) is 0 Å². The van der Waals surface area contributed by atoms with Gasteiger partial charge >= 0.3 is 5.97 Å². The van der Waals surface area contributed by atoms with Gasteiger partial charge in [-0.3, -0.25) is 9.59 Å². The molecule has 0 radical (unpaired) electrons. The third-order valence-electron chi connectivity index (χ3n) is 4.59. The van der Waals surface area contributed by atoms with E-state index in [1.807, 2.05) is 67.6 Å². The number of esters is 1. The van der Waals surface area contributed by atoms with Gasteiger partial charge in [-0.05, 0) is 41.3 Å². The quantitative estimate of drug-likeness (QED) is 0.514. The van der Waals surface area contributed by atoms with E-state index in [0.29, 0.717) is 18.0 Å². The van der Waals surface area contributed by atoms with Crippen LogP contribution in [0.2, 0.25) is 0 Å². The second-order valence-corrected chi connectivity index (χ2v) is 7.02. The lowest BCUT2D eigenvalue weighted by molar-refractivity contribution is -0.147. The molecule has 3 aromatic carbocycles. The van der Waals surface area contributed by atoms with Crippen molar-refractivity contribution in [2.45, 2.75) is 25.9 Å². The Hall–Kier alpha value is -3.60. The van der Waals surface area contributed by atoms with Crippen LogP contribution in [0.1, 0.15) is 30.4 Å². The maximum absolute atomic E-state index is 12.0. The Morgan fingerprint density at radius 3 is 2.17 bits per heavy atom. The van der Waals surface area contributed by atoms with Crippen LogP contribution in [0.25, 0.3) is 0 Å². The van der Waals surface area contributed by atoms with Gasteiger partial charge in [-0.1, -0.05) is 67.6 Å². The number of anilines is 1. The number of carbonyl (C=O) groups excluding carboxylic acids is 2. The highest BCUT2D eigenvalue weighted by Crippen LogP contribution is 2.19. The standard InChI is InChI=1S/C25H25NO4/c1-19(21-10-6-3-7-11-21)16-25(28)30-18-24(27)26-22-12-14-23(15-13-22)29-17-20-8-4-2-5-9-20/h2-15,19H,16-18H2,1H3,(H,26,27)/t19-/m1/s1. The maximum atomic E-state index is 12.0. The molecule has 1 amide bonds. The molecule has 154 valence electrons. The van der Waals surface area contributed by atoms with Gasteiger partial charge in [-0.25, -0.2) is 0 Å². The van der Waals surface area contributed by atoms with Crippen molar-refractivity contribution in [3.05, 3.63) is 96.1 Å². The molecule has 30 heavy (non-hydrogen) atoms. The Morgan fingerprint density at radius 1 is 0.867 bits per heavy atom. The summed E-state index contributed by atoms with van der Waals surface area (Å²) in [5.41, 5.74) is 2.76. The van der Waals surface area contributed by atoms with Crippen LogP contribution in [0.4, 0.5) is 5.69 Å². The molecule has 0 fully saturated rings. The van der Waals surface area contributed by atoms with Crippen molar-refractivity contribution in [1.82, 2.24) is 0 Å². The van der Waals surface area contributed by atoms with Crippen LogP contribution in [0, 0.1) is 0 Å². The summed E-state index contributed by atoms with van der Waals surface area (Å²) in [4.78, 5) is 24.0. The third kappa shape index (κ3) is 6.78. The van der Waals surface area contributed by atoms with Gasteiger partial charge in [0.25, 0.3) is 5.91 Å². The van der Waals surface area contributed by atoms with E-state index in [4.69, 9.17) is 9.47 Å². The van der Waals surface area contributed by atoms with Crippen LogP contribution in [0.15, 0.2) is 84.9 Å². The fourth-order valence-corrected chi connectivity index (χ4v) is 2.93. The van der Waals surface area contributed by atoms with Crippen LogP contribution in [-0.2, 0) is 20.9 Å². The van der Waals surface area contributed by atoms with Gasteiger partial charge < -0.3 is 14.8 Å². The average molecular weight is 403 g/mol. The fourth-order valence-electron chi connectivity index (χ4n) is 2.93. The Bertz CT molecular complexity index is 940. The molecule has 0 bridgehead atoms. The van der Waals surface area contributed by atoms with Gasteiger partial charge in [-0.2, -0.15) is 0 Å². The predicted molar refractivity (Wildman–Crippen MR) is 116 cm³/mol. The topological polar surface area (TPSA) is 64.6 Å². The maximum Gasteiger partial charge on any atom is 0.306 e. The fraction of sp³-hybridized carbons (Fsp3) is 0.200. The molecule has 5 nitrogen and oxygen atoms in total. The van der Waals surface area contributed by atoms with Gasteiger partial charge in [0.05, 0.1) is 6.42 Å². The van der Waals surface area contributed by atoms with Crippen LogP contribution in [-0.4, -0.2) is 18.5 Å². The molecule has 5 heteroatoms. The number of carbonyl (C=O) groups is 2. The molecule has 0 aromatic heterocycles. The molecule has 0 aliphatic carbocycles. The molecule has 0 aliphatic rings. The van der Waals surface area contributed by atoms with Gasteiger partial charge in [-0.15, -0.1) is 0 Å². The first-order valence-electron chi connectivity index (χ1n) is 9.87. The number of benzene rings is 3. The van der Waals surface area contributed by atoms with Crippen molar-refractivity contribution in [1.29, 1.82) is 0 Å². The van der Waals surface area contributed by atoms with E-state index in [1.165, 1.54) is 0 Å². The van der Waals surface area contributed by atoms with Crippen molar-refractivity contribution in [2.24, 2.45) is 0 Å². The number of nitrogens with one attached hydrogen (secondary N) is 1. The molecule has 0 heterocycles. The van der Waals surface area contributed by atoms with Crippen molar-refractivity contribution in [3.8, 4) is 5.75 Å². The summed E-state index contributed by atoms with van der Waals surface area (Å²) in [6.07, 6.45) is 0.227. The zero-order chi connectivity index (χ0) is 21.2. The van der Waals surface area contributed by atoms with Crippen LogP contribution >= 0.6 is 0 Å². The van der Waals surface area contributed by atoms with Gasteiger partial charge in [0.2, 0.25) is 0 Å². The smallest absolute Gasteiger partial charge is 0.306 e. The number of rotatable bonds is 9. The van der Waals surface area contributed by atoms with Gasteiger partial charge in [0, 0.05) is 5.69 Å². The van der Waals surface area contributed by atoms with Crippen molar-refractivity contribution in [3.63, 3.8) is 0 Å². The SMILES string of the molecule is C[C@H](CC(=O)OCC(=O)Nc1ccc(OCc2ccccc2)cc1)c1ccccc1. The van der Waals surface area contributed by atoms with Crippen molar-refractivity contribution < 1.29 is 19.1 Å². The van der Waals surface area contributed by atoms with E-state index in [-0.39, 0.29) is 24.9 Å². The van der Waals surface area contributed by atoms with Gasteiger partial charge in [0.1, 0.15) is 12.4 Å². The summed E-state index contributed by atoms with van der Waals surface area (Å²) in [5, 5.41) is 2.71. The third-order valence-corrected chi connectivity index (χ3v) is 4.59. The normalized spacial score (nSPS) is 11.4. The van der Waals surface area contributed by atoms with E-state index in [1.54, 1.807) is 24.3 Å². The minimum absolute atomic E-state index is 0.0326. The van der Waals surface area contributed by atoms with E-state index in [9.17, 15) is 9.59 Å². The van der Waals surface area contributed by atoms with E-state index >= 15 is 0 Å². The summed E-state index contributed by atoms with van der Waals surface area (Å²) >= 11 is 0. The van der Waals surface area contributed by atoms with E-state index in [2.05, 4.69) is 5.32 Å². The highest BCUT2D eigenvalue weighted by Gasteiger charge is 2.14. The second kappa shape index (κ2) is 10.8. The molecular formula is C25H25NO4. The first-order chi connectivity index (χ1) is 14.6. The lowest BCUT2D eigenvalue weighted by Crippen LogP contribution is -2.21. The molecule has 0 saturated heterocycles. The molecule has 0 spiro atoms. The molecule has 0 aliphatic heterocycles. The monoisotopic (exact) mass is 403 g/mol. The Kier molecular flexibility index (Phi) is 7.61. The lowest BCUT2D eigenvalue weighted by Gasteiger charge is -2.12. The van der Waals surface area contributed by atoms with Crippen LogP contribution in [0.5, 0.6) is 5.75 Å². The van der Waals surface area contributed by atoms with Crippen LogP contribution < -0.4 is 10.1 Å². The summed E-state index contributed by atoms with van der Waals surface area (Å²) in [5.74, 6) is -0.0387. The Labute approximate surface area is 176 Å². The zero-order valence-corrected chi connectivity index (χ0v) is 16.9. The number of ether oxygens (including phenoxy) is 2. The molecule has 3 aromatic rings. The minimum atomic E-state index is -0.397. The Balaban J connectivity index is 1.39. The molecular weight excluding hydrogens is 378 g/mol. The average Bonchev–Trinajstić information content (AvgIpc) is 2.78. The first-order valence-corrected chi connectivity index (χ1v) is 9.87. The summed E-state index contributed by atoms with van der Waals surface area (Å²) < 4.78 is 10.8. The first kappa shape index (κ1) is 21.1. The predicted octanol–water partition coefficient (Wildman–Crippen LogP) is 4.94. The molecule has 0 unspecified atom stereocenters. The highest BCUT2D eigenvalue weighted by atomic mass is 16.5. The minimum Gasteiger partial charge on any atom is -0.489 e. The second-order valence-electron chi connectivity index (χ2n) is 7.02. The van der Waals surface area contributed by atoms with Crippen molar-refractivity contribution in [2.75, 3.05) is 11.9 Å². The van der Waals surface area contributed by atoms with E-state index < -0.39 is 5.97 Å². The number of amides is 1. The van der Waals surface area contributed by atoms with Crippen molar-refractivity contribution >= 4 is 17.6 Å². The molecule has 0 saturated carbocycles. The highest BCUT2D eigenvalue weighted by molar-refractivity contribution is 5.92.